The van der Waals surface area contributed by atoms with Crippen LogP contribution in [0.4, 0.5) is 0 Å². The minimum atomic E-state index is -1.35. The van der Waals surface area contributed by atoms with Gasteiger partial charge in [0.25, 0.3) is 5.91 Å². The molecule has 1 aliphatic rings. The van der Waals surface area contributed by atoms with Gasteiger partial charge in [0.1, 0.15) is 6.04 Å². The quantitative estimate of drug-likeness (QED) is 0.407. The second kappa shape index (κ2) is 11.7. The van der Waals surface area contributed by atoms with Gasteiger partial charge >= 0.3 is 19.1 Å². The van der Waals surface area contributed by atoms with E-state index in [1.165, 1.54) is 37.2 Å². The van der Waals surface area contributed by atoms with Crippen molar-refractivity contribution < 1.29 is 33.6 Å². The van der Waals surface area contributed by atoms with Crippen molar-refractivity contribution in [1.29, 1.82) is 0 Å². The third-order valence-electron chi connectivity index (χ3n) is 4.82. The van der Waals surface area contributed by atoms with Gasteiger partial charge in [-0.25, -0.2) is 0 Å². The predicted molar refractivity (Wildman–Crippen MR) is 122 cm³/mol. The Morgan fingerprint density at radius 3 is 2.48 bits per heavy atom. The van der Waals surface area contributed by atoms with E-state index in [2.05, 4.69) is 10.6 Å². The van der Waals surface area contributed by atoms with Crippen LogP contribution in [0.15, 0.2) is 18.2 Å². The molecule has 1 heterocycles. The molecule has 0 unspecified atom stereocenters. The Labute approximate surface area is 202 Å². The Bertz CT molecular complexity index is 916. The SMILES string of the molecule is CC(C)C[C@H](NC(=O)CNC(=O)c1cc(Cl)ccc1Cl)B1OC(=O)[C@@H]([C@H](C(=O)O)N(C)C)O1. The van der Waals surface area contributed by atoms with E-state index in [1.807, 2.05) is 13.8 Å². The van der Waals surface area contributed by atoms with Gasteiger partial charge in [-0.1, -0.05) is 37.0 Å². The number of halogens is 2. The van der Waals surface area contributed by atoms with Crippen molar-refractivity contribution in [2.24, 2.45) is 5.92 Å². The lowest BCUT2D eigenvalue weighted by Crippen LogP contribution is -2.52. The first-order chi connectivity index (χ1) is 15.4. The molecule has 2 amide bonds. The molecule has 13 heteroatoms. The fraction of sp³-hybridized carbons (Fsp3) is 0.500. The lowest BCUT2D eigenvalue weighted by Gasteiger charge is -2.24. The molecule has 1 aromatic rings. The number of carbonyl (C=O) groups is 4. The third-order valence-corrected chi connectivity index (χ3v) is 5.39. The molecule has 0 aromatic heterocycles. The Morgan fingerprint density at radius 1 is 1.24 bits per heavy atom. The van der Waals surface area contributed by atoms with Crippen molar-refractivity contribution >= 4 is 54.1 Å². The van der Waals surface area contributed by atoms with Gasteiger partial charge in [0.05, 0.1) is 23.1 Å². The normalized spacial score (nSPS) is 17.6. The standard InChI is InChI=1S/C20H26BCl2N3O7/c1-10(2)7-14(21-32-17(20(31)33-21)16(19(29)30)26(3)4)25-15(27)9-24-18(28)12-8-11(22)5-6-13(12)23/h5-6,8,10,14,16-17H,7,9H2,1-4H3,(H,24,28)(H,25,27)(H,29,30)/t14-,16+,17+/m0/s1. The Kier molecular flexibility index (Phi) is 9.53. The average molecular weight is 502 g/mol. The highest BCUT2D eigenvalue weighted by Crippen LogP contribution is 2.22. The van der Waals surface area contributed by atoms with Crippen molar-refractivity contribution in [3.8, 4) is 0 Å². The summed E-state index contributed by atoms with van der Waals surface area (Å²) >= 11 is 11.9. The molecule has 180 valence electrons. The largest absolute Gasteiger partial charge is 0.552 e. The summed E-state index contributed by atoms with van der Waals surface area (Å²) in [6.07, 6.45) is -0.969. The molecule has 33 heavy (non-hydrogen) atoms. The Balaban J connectivity index is 2.04. The number of carboxylic acid groups (broad SMARTS) is 1. The molecule has 10 nitrogen and oxygen atoms in total. The summed E-state index contributed by atoms with van der Waals surface area (Å²) in [4.78, 5) is 50.1. The summed E-state index contributed by atoms with van der Waals surface area (Å²) in [5, 5.41) is 15.1. The van der Waals surface area contributed by atoms with Crippen LogP contribution >= 0.6 is 23.2 Å². The maximum Gasteiger partial charge on any atom is 0.552 e. The van der Waals surface area contributed by atoms with Crippen LogP contribution < -0.4 is 10.6 Å². The van der Waals surface area contributed by atoms with Gasteiger partial charge in [0.2, 0.25) is 5.91 Å². The number of amides is 2. The number of carboxylic acids is 1. The second-order valence-electron chi connectivity index (χ2n) is 8.22. The molecular formula is C20H26BCl2N3O7. The van der Waals surface area contributed by atoms with Crippen molar-refractivity contribution in [2.45, 2.75) is 38.4 Å². The van der Waals surface area contributed by atoms with E-state index in [1.54, 1.807) is 0 Å². The average Bonchev–Trinajstić information content (AvgIpc) is 3.07. The molecule has 0 aliphatic carbocycles. The molecule has 1 aromatic carbocycles. The van der Waals surface area contributed by atoms with E-state index in [0.29, 0.717) is 11.4 Å². The molecular weight excluding hydrogens is 476 g/mol. The smallest absolute Gasteiger partial charge is 0.506 e. The molecule has 0 saturated carbocycles. The number of nitrogens with zero attached hydrogens (tertiary/aromatic N) is 1. The van der Waals surface area contributed by atoms with E-state index in [4.69, 9.17) is 32.5 Å². The fourth-order valence-electron chi connectivity index (χ4n) is 3.34. The second-order valence-corrected chi connectivity index (χ2v) is 9.06. The van der Waals surface area contributed by atoms with Crippen LogP contribution in [0.1, 0.15) is 30.6 Å². The van der Waals surface area contributed by atoms with Crippen LogP contribution in [-0.2, 0) is 23.7 Å². The summed E-state index contributed by atoms with van der Waals surface area (Å²) in [6.45, 7) is 3.42. The van der Waals surface area contributed by atoms with Crippen molar-refractivity contribution in [3.63, 3.8) is 0 Å². The molecule has 3 N–H and O–H groups in total. The van der Waals surface area contributed by atoms with E-state index in [0.717, 1.165) is 0 Å². The van der Waals surface area contributed by atoms with Gasteiger partial charge in [-0.3, -0.25) is 24.1 Å². The van der Waals surface area contributed by atoms with E-state index in [9.17, 15) is 24.3 Å². The Hall–Kier alpha value is -2.34. The van der Waals surface area contributed by atoms with Crippen LogP contribution in [0.5, 0.6) is 0 Å². The highest BCUT2D eigenvalue weighted by molar-refractivity contribution is 6.51. The topological polar surface area (TPSA) is 134 Å². The van der Waals surface area contributed by atoms with Crippen LogP contribution in [-0.4, -0.2) is 79.6 Å². The molecule has 0 bridgehead atoms. The number of hydrogen-bond donors (Lipinski definition) is 3. The number of likely N-dealkylation sites (N-methyl/N-ethyl adjacent to an activating group) is 1. The number of carbonyl (C=O) groups excluding carboxylic acids is 3. The van der Waals surface area contributed by atoms with Crippen molar-refractivity contribution in [1.82, 2.24) is 15.5 Å². The fourth-order valence-corrected chi connectivity index (χ4v) is 3.72. The van der Waals surface area contributed by atoms with Gasteiger partial charge < -0.3 is 25.0 Å². The van der Waals surface area contributed by atoms with E-state index in [-0.39, 0.29) is 23.0 Å². The molecule has 1 saturated heterocycles. The predicted octanol–water partition coefficient (Wildman–Crippen LogP) is 1.24. The summed E-state index contributed by atoms with van der Waals surface area (Å²) in [5.41, 5.74) is 0.120. The molecule has 1 fully saturated rings. The number of hydrogen-bond acceptors (Lipinski definition) is 7. The molecule has 1 aliphatic heterocycles. The highest BCUT2D eigenvalue weighted by Gasteiger charge is 2.51. The minimum Gasteiger partial charge on any atom is -0.506 e. The van der Waals surface area contributed by atoms with Crippen molar-refractivity contribution in [3.05, 3.63) is 33.8 Å². The van der Waals surface area contributed by atoms with Crippen LogP contribution in [0.25, 0.3) is 0 Å². The van der Waals surface area contributed by atoms with Gasteiger partial charge in [0, 0.05) is 5.02 Å². The number of rotatable bonds is 10. The molecule has 3 atom stereocenters. The van der Waals surface area contributed by atoms with Gasteiger partial charge in [0.15, 0.2) is 6.10 Å². The van der Waals surface area contributed by atoms with Gasteiger partial charge in [-0.05, 0) is 44.6 Å². The molecule has 0 radical (unpaired) electrons. The first-order valence-electron chi connectivity index (χ1n) is 10.2. The highest BCUT2D eigenvalue weighted by atomic mass is 35.5. The zero-order valence-electron chi connectivity index (χ0n) is 18.6. The lowest BCUT2D eigenvalue weighted by molar-refractivity contribution is -0.151. The van der Waals surface area contributed by atoms with Crippen LogP contribution in [0.3, 0.4) is 0 Å². The summed E-state index contributed by atoms with van der Waals surface area (Å²) < 4.78 is 10.9. The summed E-state index contributed by atoms with van der Waals surface area (Å²) in [5.74, 6) is -3.88. The third kappa shape index (κ3) is 7.33. The van der Waals surface area contributed by atoms with E-state index >= 15 is 0 Å². The molecule has 0 spiro atoms. The van der Waals surface area contributed by atoms with Crippen molar-refractivity contribution in [2.75, 3.05) is 20.6 Å². The van der Waals surface area contributed by atoms with E-state index < -0.39 is 49.0 Å². The minimum absolute atomic E-state index is 0.0839. The van der Waals surface area contributed by atoms with Gasteiger partial charge in [-0.15, -0.1) is 0 Å². The maximum absolute atomic E-state index is 12.5. The Morgan fingerprint density at radius 2 is 1.91 bits per heavy atom. The summed E-state index contributed by atoms with van der Waals surface area (Å²) in [7, 11) is 1.84. The number of aliphatic carboxylic acids is 1. The zero-order chi connectivity index (χ0) is 24.9. The van der Waals surface area contributed by atoms with Gasteiger partial charge in [-0.2, -0.15) is 0 Å². The van der Waals surface area contributed by atoms with Crippen LogP contribution in [0, 0.1) is 5.92 Å². The summed E-state index contributed by atoms with van der Waals surface area (Å²) in [6, 6.07) is 3.14. The number of benzene rings is 1. The lowest BCUT2D eigenvalue weighted by atomic mass is 9.74. The maximum atomic E-state index is 12.5. The van der Waals surface area contributed by atoms with Crippen LogP contribution in [0.2, 0.25) is 10.0 Å². The number of nitrogens with one attached hydrogen (secondary N) is 2. The molecule has 2 rings (SSSR count). The monoisotopic (exact) mass is 501 g/mol. The first kappa shape index (κ1) is 26.9. The zero-order valence-corrected chi connectivity index (χ0v) is 20.1. The first-order valence-corrected chi connectivity index (χ1v) is 10.9.